The molecule has 0 atom stereocenters. The summed E-state index contributed by atoms with van der Waals surface area (Å²) in [7, 11) is 0. The predicted octanol–water partition coefficient (Wildman–Crippen LogP) is 5.96. The molecule has 0 spiro atoms. The molecule has 0 fully saturated rings. The number of benzene rings is 3. The maximum absolute atomic E-state index is 6.06. The molecule has 0 saturated carbocycles. The number of hydrogen-bond acceptors (Lipinski definition) is 2. The van der Waals surface area contributed by atoms with Gasteiger partial charge in [-0.2, -0.15) is 5.10 Å². The van der Waals surface area contributed by atoms with Gasteiger partial charge in [0.2, 0.25) is 0 Å². The van der Waals surface area contributed by atoms with Crippen LogP contribution in [0.3, 0.4) is 0 Å². The first-order chi connectivity index (χ1) is 12.7. The van der Waals surface area contributed by atoms with E-state index >= 15 is 0 Å². The van der Waals surface area contributed by atoms with Gasteiger partial charge in [-0.3, -0.25) is 5.10 Å². The molecular weight excluding hydrogens is 365 g/mol. The molecule has 0 amide bonds. The molecule has 5 heteroatoms. The SMILES string of the molecule is Clc1ccc(C(c2ccc(Cl)cc2)c2nc(-c3ccccc3)n[nH]2)cc1. The van der Waals surface area contributed by atoms with E-state index in [1.807, 2.05) is 78.9 Å². The summed E-state index contributed by atoms with van der Waals surface area (Å²) in [5.41, 5.74) is 3.13. The highest BCUT2D eigenvalue weighted by Crippen LogP contribution is 2.32. The first-order valence-electron chi connectivity index (χ1n) is 8.19. The van der Waals surface area contributed by atoms with Crippen LogP contribution in [-0.4, -0.2) is 15.2 Å². The highest BCUT2D eigenvalue weighted by molar-refractivity contribution is 6.30. The number of rotatable bonds is 4. The number of H-pyrrole nitrogens is 1. The highest BCUT2D eigenvalue weighted by Gasteiger charge is 2.21. The first-order valence-corrected chi connectivity index (χ1v) is 8.95. The van der Waals surface area contributed by atoms with Crippen molar-refractivity contribution in [3.8, 4) is 11.4 Å². The Kier molecular flexibility index (Phi) is 4.74. The molecule has 0 bridgehead atoms. The van der Waals surface area contributed by atoms with E-state index < -0.39 is 0 Å². The van der Waals surface area contributed by atoms with Crippen LogP contribution in [0.2, 0.25) is 10.0 Å². The third-order valence-corrected chi connectivity index (χ3v) is 4.72. The van der Waals surface area contributed by atoms with Gasteiger partial charge in [-0.1, -0.05) is 77.8 Å². The molecule has 3 aromatic carbocycles. The van der Waals surface area contributed by atoms with E-state index in [1.54, 1.807) is 0 Å². The summed E-state index contributed by atoms with van der Waals surface area (Å²) in [6, 6.07) is 25.5. The molecule has 4 rings (SSSR count). The van der Waals surface area contributed by atoms with Gasteiger partial charge in [-0.05, 0) is 35.4 Å². The van der Waals surface area contributed by atoms with Crippen molar-refractivity contribution in [2.24, 2.45) is 0 Å². The Morgan fingerprint density at radius 3 is 1.77 bits per heavy atom. The van der Waals surface area contributed by atoms with Crippen molar-refractivity contribution in [3.05, 3.63) is 106 Å². The average molecular weight is 380 g/mol. The van der Waals surface area contributed by atoms with E-state index in [-0.39, 0.29) is 5.92 Å². The van der Waals surface area contributed by atoms with E-state index in [9.17, 15) is 0 Å². The Bertz CT molecular complexity index is 948. The van der Waals surface area contributed by atoms with Gasteiger partial charge in [0.1, 0.15) is 5.82 Å². The smallest absolute Gasteiger partial charge is 0.181 e. The van der Waals surface area contributed by atoms with Crippen molar-refractivity contribution in [2.45, 2.75) is 5.92 Å². The second kappa shape index (κ2) is 7.32. The molecule has 0 saturated heterocycles. The summed E-state index contributed by atoms with van der Waals surface area (Å²) >= 11 is 12.1. The summed E-state index contributed by atoms with van der Waals surface area (Å²) in [4.78, 5) is 4.75. The van der Waals surface area contributed by atoms with Crippen LogP contribution in [0.25, 0.3) is 11.4 Å². The maximum atomic E-state index is 6.06. The van der Waals surface area contributed by atoms with Crippen LogP contribution in [0, 0.1) is 0 Å². The van der Waals surface area contributed by atoms with Crippen molar-refractivity contribution in [2.75, 3.05) is 0 Å². The fraction of sp³-hybridized carbons (Fsp3) is 0.0476. The van der Waals surface area contributed by atoms with E-state index in [4.69, 9.17) is 28.2 Å². The van der Waals surface area contributed by atoms with E-state index in [0.717, 1.165) is 22.5 Å². The minimum absolute atomic E-state index is 0.0884. The van der Waals surface area contributed by atoms with Gasteiger partial charge in [-0.25, -0.2) is 4.98 Å². The number of aromatic nitrogens is 3. The number of halogens is 2. The van der Waals surface area contributed by atoms with E-state index in [1.165, 1.54) is 0 Å². The van der Waals surface area contributed by atoms with Gasteiger partial charge < -0.3 is 0 Å². The lowest BCUT2D eigenvalue weighted by atomic mass is 9.91. The zero-order valence-corrected chi connectivity index (χ0v) is 15.2. The van der Waals surface area contributed by atoms with Crippen molar-refractivity contribution in [1.29, 1.82) is 0 Å². The molecule has 3 nitrogen and oxygen atoms in total. The number of aromatic amines is 1. The monoisotopic (exact) mass is 379 g/mol. The predicted molar refractivity (Wildman–Crippen MR) is 106 cm³/mol. The van der Waals surface area contributed by atoms with Gasteiger partial charge in [0, 0.05) is 15.6 Å². The van der Waals surface area contributed by atoms with E-state index in [0.29, 0.717) is 15.9 Å². The standard InChI is InChI=1S/C21H15Cl2N3/c22-17-10-6-14(7-11-17)19(15-8-12-18(23)13-9-15)21-24-20(25-26-21)16-4-2-1-3-5-16/h1-13,19H,(H,24,25,26). The van der Waals surface area contributed by atoms with Gasteiger partial charge in [0.05, 0.1) is 5.92 Å². The van der Waals surface area contributed by atoms with Crippen molar-refractivity contribution >= 4 is 23.2 Å². The normalized spacial score (nSPS) is 11.0. The molecule has 128 valence electrons. The lowest BCUT2D eigenvalue weighted by Gasteiger charge is -2.15. The van der Waals surface area contributed by atoms with Crippen molar-refractivity contribution < 1.29 is 0 Å². The van der Waals surface area contributed by atoms with Gasteiger partial charge in [0.25, 0.3) is 0 Å². The topological polar surface area (TPSA) is 41.6 Å². The first kappa shape index (κ1) is 16.8. The highest BCUT2D eigenvalue weighted by atomic mass is 35.5. The molecule has 26 heavy (non-hydrogen) atoms. The Hall–Kier alpha value is -2.62. The summed E-state index contributed by atoms with van der Waals surface area (Å²) in [6.07, 6.45) is 0. The number of nitrogens with one attached hydrogen (secondary N) is 1. The quantitative estimate of drug-likeness (QED) is 0.475. The fourth-order valence-electron chi connectivity index (χ4n) is 2.94. The number of hydrogen-bond donors (Lipinski definition) is 1. The van der Waals surface area contributed by atoms with Gasteiger partial charge >= 0.3 is 0 Å². The number of nitrogens with zero attached hydrogens (tertiary/aromatic N) is 2. The molecule has 0 radical (unpaired) electrons. The van der Waals surface area contributed by atoms with Crippen LogP contribution < -0.4 is 0 Å². The molecular formula is C21H15Cl2N3. The average Bonchev–Trinajstić information content (AvgIpc) is 3.15. The molecule has 0 unspecified atom stereocenters. The second-order valence-electron chi connectivity index (χ2n) is 5.95. The zero-order chi connectivity index (χ0) is 17.9. The molecule has 0 aliphatic rings. The van der Waals surface area contributed by atoms with Crippen LogP contribution in [0.15, 0.2) is 78.9 Å². The minimum Gasteiger partial charge on any atom is -0.262 e. The van der Waals surface area contributed by atoms with Crippen LogP contribution in [0.1, 0.15) is 22.9 Å². The van der Waals surface area contributed by atoms with Crippen molar-refractivity contribution in [1.82, 2.24) is 15.2 Å². The Morgan fingerprint density at radius 1 is 0.692 bits per heavy atom. The lowest BCUT2D eigenvalue weighted by molar-refractivity contribution is 0.862. The fourth-order valence-corrected chi connectivity index (χ4v) is 3.19. The molecule has 1 aromatic heterocycles. The molecule has 1 N–H and O–H groups in total. The Labute approximate surface area is 161 Å². The van der Waals surface area contributed by atoms with Crippen molar-refractivity contribution in [3.63, 3.8) is 0 Å². The minimum atomic E-state index is -0.0884. The zero-order valence-electron chi connectivity index (χ0n) is 13.7. The molecule has 0 aliphatic carbocycles. The summed E-state index contributed by atoms with van der Waals surface area (Å²) in [5, 5.41) is 8.91. The largest absolute Gasteiger partial charge is 0.262 e. The van der Waals surface area contributed by atoms with Crippen LogP contribution in [-0.2, 0) is 0 Å². The third-order valence-electron chi connectivity index (χ3n) is 4.21. The van der Waals surface area contributed by atoms with Gasteiger partial charge in [0.15, 0.2) is 5.82 Å². The van der Waals surface area contributed by atoms with Crippen LogP contribution in [0.4, 0.5) is 0 Å². The lowest BCUT2D eigenvalue weighted by Crippen LogP contribution is -2.05. The van der Waals surface area contributed by atoms with E-state index in [2.05, 4.69) is 10.2 Å². The second-order valence-corrected chi connectivity index (χ2v) is 6.82. The van der Waals surface area contributed by atoms with Crippen LogP contribution >= 0.6 is 23.2 Å². The molecule has 0 aliphatic heterocycles. The summed E-state index contributed by atoms with van der Waals surface area (Å²) in [5.74, 6) is 1.36. The maximum Gasteiger partial charge on any atom is 0.181 e. The summed E-state index contributed by atoms with van der Waals surface area (Å²) in [6.45, 7) is 0. The molecule has 1 heterocycles. The van der Waals surface area contributed by atoms with Gasteiger partial charge in [-0.15, -0.1) is 0 Å². The third kappa shape index (κ3) is 3.50. The Balaban J connectivity index is 1.79. The van der Waals surface area contributed by atoms with Crippen LogP contribution in [0.5, 0.6) is 0 Å². The molecule has 4 aromatic rings. The summed E-state index contributed by atoms with van der Waals surface area (Å²) < 4.78 is 0. The Morgan fingerprint density at radius 2 is 1.23 bits per heavy atom.